The molecule has 0 saturated carbocycles. The highest BCUT2D eigenvalue weighted by molar-refractivity contribution is 5.87. The Bertz CT molecular complexity index is 268. The number of hydrogen-bond acceptors (Lipinski definition) is 3. The molecule has 0 aliphatic rings. The summed E-state index contributed by atoms with van der Waals surface area (Å²) in [5.74, 6) is -0.336. The lowest BCUT2D eigenvalue weighted by Gasteiger charge is -1.97. The van der Waals surface area contributed by atoms with Crippen molar-refractivity contribution in [1.29, 1.82) is 0 Å². The number of aromatic nitrogens is 1. The minimum absolute atomic E-state index is 0.336. The molecule has 1 aromatic rings. The number of H-pyrrole nitrogens is 1. The maximum Gasteiger partial charge on any atom is 0.354 e. The number of carbonyl (C=O) groups excluding carboxylic acids is 1. The molecular formula is C8H12N2O2. The van der Waals surface area contributed by atoms with Gasteiger partial charge in [-0.05, 0) is 19.1 Å². The lowest BCUT2D eigenvalue weighted by atomic mass is 10.4. The van der Waals surface area contributed by atoms with Crippen LogP contribution < -0.4 is 5.73 Å². The molecule has 0 spiro atoms. The quantitative estimate of drug-likeness (QED) is 0.651. The van der Waals surface area contributed by atoms with Crippen molar-refractivity contribution in [2.24, 2.45) is 5.73 Å². The summed E-state index contributed by atoms with van der Waals surface area (Å²) in [7, 11) is 0. The Morgan fingerprint density at radius 3 is 2.92 bits per heavy atom. The Balaban J connectivity index is 2.68. The summed E-state index contributed by atoms with van der Waals surface area (Å²) < 4.78 is 4.77. The predicted molar refractivity (Wildman–Crippen MR) is 44.6 cm³/mol. The van der Waals surface area contributed by atoms with E-state index in [1.165, 1.54) is 0 Å². The molecule has 4 heteroatoms. The van der Waals surface area contributed by atoms with Crippen molar-refractivity contribution in [2.45, 2.75) is 13.5 Å². The van der Waals surface area contributed by atoms with Crippen molar-refractivity contribution < 1.29 is 9.53 Å². The van der Waals surface area contributed by atoms with Crippen LogP contribution in [0.4, 0.5) is 0 Å². The highest BCUT2D eigenvalue weighted by Crippen LogP contribution is 2.02. The third kappa shape index (κ3) is 1.85. The smallest absolute Gasteiger partial charge is 0.354 e. The fraction of sp³-hybridized carbons (Fsp3) is 0.375. The van der Waals surface area contributed by atoms with E-state index in [0.717, 1.165) is 5.69 Å². The Hall–Kier alpha value is -1.29. The summed E-state index contributed by atoms with van der Waals surface area (Å²) in [5, 5.41) is 0. The number of esters is 1. The molecule has 66 valence electrons. The molecule has 0 atom stereocenters. The van der Waals surface area contributed by atoms with E-state index in [-0.39, 0.29) is 5.97 Å². The van der Waals surface area contributed by atoms with Crippen molar-refractivity contribution >= 4 is 5.97 Å². The van der Waals surface area contributed by atoms with Crippen LogP contribution in [0, 0.1) is 0 Å². The number of aromatic amines is 1. The highest BCUT2D eigenvalue weighted by atomic mass is 16.5. The zero-order valence-corrected chi connectivity index (χ0v) is 6.96. The van der Waals surface area contributed by atoms with Crippen molar-refractivity contribution in [2.75, 3.05) is 6.61 Å². The van der Waals surface area contributed by atoms with Crippen molar-refractivity contribution in [1.82, 2.24) is 4.98 Å². The maximum absolute atomic E-state index is 11.1. The second-order valence-corrected chi connectivity index (χ2v) is 2.32. The lowest BCUT2D eigenvalue weighted by Crippen LogP contribution is -2.05. The Morgan fingerprint density at radius 1 is 1.67 bits per heavy atom. The van der Waals surface area contributed by atoms with Crippen molar-refractivity contribution in [3.8, 4) is 0 Å². The summed E-state index contributed by atoms with van der Waals surface area (Å²) in [5.41, 5.74) is 6.64. The van der Waals surface area contributed by atoms with Crippen LogP contribution in [0.25, 0.3) is 0 Å². The molecule has 1 heterocycles. The fourth-order valence-corrected chi connectivity index (χ4v) is 0.887. The third-order valence-electron chi connectivity index (χ3n) is 1.46. The van der Waals surface area contributed by atoms with Crippen molar-refractivity contribution in [3.63, 3.8) is 0 Å². The van der Waals surface area contributed by atoms with Crippen LogP contribution in [-0.4, -0.2) is 17.6 Å². The monoisotopic (exact) mass is 168 g/mol. The standard InChI is InChI=1S/C8H12N2O2/c1-2-12-8(11)7-4-3-6(5-9)10-7/h3-4,10H,2,5,9H2,1H3. The van der Waals surface area contributed by atoms with E-state index in [2.05, 4.69) is 4.98 Å². The SMILES string of the molecule is CCOC(=O)c1ccc(CN)[nH]1. The molecule has 12 heavy (non-hydrogen) atoms. The average Bonchev–Trinajstić information content (AvgIpc) is 2.52. The lowest BCUT2D eigenvalue weighted by molar-refractivity contribution is 0.0520. The largest absolute Gasteiger partial charge is 0.461 e. The van der Waals surface area contributed by atoms with Gasteiger partial charge in [-0.2, -0.15) is 0 Å². The van der Waals surface area contributed by atoms with Gasteiger partial charge in [-0.3, -0.25) is 0 Å². The molecular weight excluding hydrogens is 156 g/mol. The summed E-state index contributed by atoms with van der Waals surface area (Å²) in [6.45, 7) is 2.56. The maximum atomic E-state index is 11.1. The van der Waals surface area contributed by atoms with Crippen molar-refractivity contribution in [3.05, 3.63) is 23.5 Å². The van der Waals surface area contributed by atoms with Gasteiger partial charge in [0, 0.05) is 12.2 Å². The van der Waals surface area contributed by atoms with Gasteiger partial charge < -0.3 is 15.5 Å². The predicted octanol–water partition coefficient (Wildman–Crippen LogP) is 0.650. The molecule has 1 aromatic heterocycles. The minimum atomic E-state index is -0.336. The summed E-state index contributed by atoms with van der Waals surface area (Å²) in [6, 6.07) is 3.44. The van der Waals surface area contributed by atoms with Crippen LogP contribution in [-0.2, 0) is 11.3 Å². The van der Waals surface area contributed by atoms with E-state index in [0.29, 0.717) is 18.8 Å². The second-order valence-electron chi connectivity index (χ2n) is 2.32. The van der Waals surface area contributed by atoms with Gasteiger partial charge in [0.2, 0.25) is 0 Å². The molecule has 4 nitrogen and oxygen atoms in total. The number of rotatable bonds is 3. The van der Waals surface area contributed by atoms with Crippen LogP contribution in [0.2, 0.25) is 0 Å². The number of ether oxygens (including phenoxy) is 1. The number of carbonyl (C=O) groups is 1. The number of nitrogens with two attached hydrogens (primary N) is 1. The van der Waals surface area contributed by atoms with Gasteiger partial charge in [-0.25, -0.2) is 4.79 Å². The van der Waals surface area contributed by atoms with Crippen LogP contribution >= 0.6 is 0 Å². The molecule has 0 bridgehead atoms. The first-order valence-corrected chi connectivity index (χ1v) is 3.83. The fourth-order valence-electron chi connectivity index (χ4n) is 0.887. The van der Waals surface area contributed by atoms with Gasteiger partial charge in [0.05, 0.1) is 6.61 Å². The molecule has 0 aliphatic carbocycles. The van der Waals surface area contributed by atoms with Crippen LogP contribution in [0.3, 0.4) is 0 Å². The van der Waals surface area contributed by atoms with E-state index in [9.17, 15) is 4.79 Å². The van der Waals surface area contributed by atoms with E-state index in [4.69, 9.17) is 10.5 Å². The second kappa shape index (κ2) is 3.92. The van der Waals surface area contributed by atoms with Gasteiger partial charge in [0.25, 0.3) is 0 Å². The van der Waals surface area contributed by atoms with E-state index < -0.39 is 0 Å². The topological polar surface area (TPSA) is 68.1 Å². The first-order valence-electron chi connectivity index (χ1n) is 3.83. The average molecular weight is 168 g/mol. The molecule has 0 aromatic carbocycles. The molecule has 0 radical (unpaired) electrons. The Kier molecular flexibility index (Phi) is 2.88. The molecule has 0 amide bonds. The molecule has 0 fully saturated rings. The van der Waals surface area contributed by atoms with E-state index in [1.54, 1.807) is 19.1 Å². The van der Waals surface area contributed by atoms with Crippen LogP contribution in [0.5, 0.6) is 0 Å². The van der Waals surface area contributed by atoms with Gasteiger partial charge >= 0.3 is 5.97 Å². The first kappa shape index (κ1) is 8.80. The number of hydrogen-bond donors (Lipinski definition) is 2. The highest BCUT2D eigenvalue weighted by Gasteiger charge is 2.07. The molecule has 0 saturated heterocycles. The van der Waals surface area contributed by atoms with E-state index >= 15 is 0 Å². The molecule has 3 N–H and O–H groups in total. The third-order valence-corrected chi connectivity index (χ3v) is 1.46. The van der Waals surface area contributed by atoms with Gasteiger partial charge in [-0.1, -0.05) is 0 Å². The van der Waals surface area contributed by atoms with E-state index in [1.807, 2.05) is 0 Å². The Morgan fingerprint density at radius 2 is 2.42 bits per heavy atom. The van der Waals surface area contributed by atoms with Gasteiger partial charge in [0.1, 0.15) is 5.69 Å². The van der Waals surface area contributed by atoms with Gasteiger partial charge in [-0.15, -0.1) is 0 Å². The molecule has 0 aliphatic heterocycles. The summed E-state index contributed by atoms with van der Waals surface area (Å²) in [4.78, 5) is 13.9. The van der Waals surface area contributed by atoms with Crippen LogP contribution in [0.15, 0.2) is 12.1 Å². The zero-order chi connectivity index (χ0) is 8.97. The van der Waals surface area contributed by atoms with Gasteiger partial charge in [0.15, 0.2) is 0 Å². The number of nitrogens with one attached hydrogen (secondary N) is 1. The minimum Gasteiger partial charge on any atom is -0.461 e. The normalized spacial score (nSPS) is 9.83. The Labute approximate surface area is 70.7 Å². The van der Waals surface area contributed by atoms with Crippen LogP contribution in [0.1, 0.15) is 23.1 Å². The first-order chi connectivity index (χ1) is 5.77. The zero-order valence-electron chi connectivity index (χ0n) is 6.96. The molecule has 0 unspecified atom stereocenters. The molecule has 1 rings (SSSR count). The summed E-state index contributed by atoms with van der Waals surface area (Å²) >= 11 is 0. The summed E-state index contributed by atoms with van der Waals surface area (Å²) in [6.07, 6.45) is 0.